The maximum absolute atomic E-state index is 11.6. The van der Waals surface area contributed by atoms with Crippen LogP contribution in [0.3, 0.4) is 0 Å². The number of esters is 1. The number of hydrogen-bond donors (Lipinski definition) is 1. The second-order valence-corrected chi connectivity index (χ2v) is 5.19. The number of fused-ring (bicyclic) bond motifs is 1. The summed E-state index contributed by atoms with van der Waals surface area (Å²) in [5, 5.41) is 11.3. The average molecular weight is 269 g/mol. The predicted octanol–water partition coefficient (Wildman–Crippen LogP) is 2.74. The van der Waals surface area contributed by atoms with Gasteiger partial charge in [-0.25, -0.2) is 0 Å². The Labute approximate surface area is 112 Å². The third-order valence-corrected chi connectivity index (χ3v) is 3.71. The summed E-state index contributed by atoms with van der Waals surface area (Å²) in [6.07, 6.45) is 1.21. The highest BCUT2D eigenvalue weighted by Gasteiger charge is 2.40. The van der Waals surface area contributed by atoms with Crippen LogP contribution in [0.4, 0.5) is 0 Å². The first-order valence-electron chi connectivity index (χ1n) is 6.14. The van der Waals surface area contributed by atoms with E-state index in [0.717, 1.165) is 16.7 Å². The van der Waals surface area contributed by atoms with Crippen molar-refractivity contribution < 1.29 is 14.6 Å². The van der Waals surface area contributed by atoms with Crippen molar-refractivity contribution in [2.24, 2.45) is 0 Å². The van der Waals surface area contributed by atoms with E-state index in [1.54, 1.807) is 6.92 Å². The van der Waals surface area contributed by atoms with E-state index in [1.807, 2.05) is 19.1 Å². The highest BCUT2D eigenvalue weighted by atomic mass is 35.5. The zero-order valence-electron chi connectivity index (χ0n) is 10.6. The number of ether oxygens (including phenoxy) is 1. The topological polar surface area (TPSA) is 46.5 Å². The molecule has 0 saturated heterocycles. The number of benzene rings is 1. The number of aryl methyl sites for hydroxylation is 1. The number of aliphatic hydroxyl groups is 1. The molecule has 2 rings (SSSR count). The third-order valence-electron chi connectivity index (χ3n) is 3.37. The van der Waals surface area contributed by atoms with Crippen molar-refractivity contribution in [2.45, 2.75) is 38.7 Å². The number of hydrogen-bond acceptors (Lipinski definition) is 3. The zero-order chi connectivity index (χ0) is 13.3. The molecule has 1 aliphatic rings. The van der Waals surface area contributed by atoms with E-state index >= 15 is 0 Å². The van der Waals surface area contributed by atoms with Crippen molar-refractivity contribution >= 4 is 17.6 Å². The predicted molar refractivity (Wildman–Crippen MR) is 69.7 cm³/mol. The van der Waals surface area contributed by atoms with Gasteiger partial charge in [0.1, 0.15) is 5.60 Å². The van der Waals surface area contributed by atoms with Crippen molar-refractivity contribution in [3.8, 4) is 0 Å². The maximum atomic E-state index is 11.6. The molecule has 4 heteroatoms. The zero-order valence-corrected chi connectivity index (χ0v) is 11.4. The van der Waals surface area contributed by atoms with Crippen LogP contribution < -0.4 is 0 Å². The molecule has 0 aliphatic heterocycles. The summed E-state index contributed by atoms with van der Waals surface area (Å²) in [6, 6.07) is 3.80. The summed E-state index contributed by atoms with van der Waals surface area (Å²) in [4.78, 5) is 11.6. The molecule has 0 aromatic heterocycles. The lowest BCUT2D eigenvalue weighted by Crippen LogP contribution is -2.27. The maximum Gasteiger partial charge on any atom is 0.309 e. The summed E-state index contributed by atoms with van der Waals surface area (Å²) < 4.78 is 4.91. The molecule has 1 unspecified atom stereocenters. The van der Waals surface area contributed by atoms with E-state index in [9.17, 15) is 9.90 Å². The molecule has 0 saturated carbocycles. The van der Waals surface area contributed by atoms with Crippen LogP contribution in [0.2, 0.25) is 5.02 Å². The van der Waals surface area contributed by atoms with Crippen LogP contribution in [0.15, 0.2) is 12.1 Å². The fourth-order valence-electron chi connectivity index (χ4n) is 2.54. The van der Waals surface area contributed by atoms with Gasteiger partial charge in [0, 0.05) is 5.02 Å². The summed E-state index contributed by atoms with van der Waals surface area (Å²) in [5.41, 5.74) is 1.59. The molecular formula is C14H17ClO3. The average Bonchev–Trinajstić information content (AvgIpc) is 2.57. The summed E-state index contributed by atoms with van der Waals surface area (Å²) >= 11 is 6.17. The Hall–Kier alpha value is -1.06. The largest absolute Gasteiger partial charge is 0.466 e. The van der Waals surface area contributed by atoms with Crippen molar-refractivity contribution in [3.05, 3.63) is 33.8 Å². The molecule has 1 aromatic rings. The molecule has 0 heterocycles. The van der Waals surface area contributed by atoms with Crippen LogP contribution in [0.5, 0.6) is 0 Å². The fraction of sp³-hybridized carbons (Fsp3) is 0.500. The molecule has 0 fully saturated rings. The molecule has 1 aliphatic carbocycles. The molecule has 3 nitrogen and oxygen atoms in total. The monoisotopic (exact) mass is 268 g/mol. The lowest BCUT2D eigenvalue weighted by atomic mass is 9.91. The molecule has 0 radical (unpaired) electrons. The van der Waals surface area contributed by atoms with Crippen LogP contribution in [-0.4, -0.2) is 17.7 Å². The number of halogens is 1. The van der Waals surface area contributed by atoms with E-state index in [1.165, 1.54) is 0 Å². The minimum atomic E-state index is -1.13. The molecule has 0 amide bonds. The molecule has 98 valence electrons. The first-order chi connectivity index (χ1) is 8.46. The second kappa shape index (κ2) is 4.90. The first-order valence-corrected chi connectivity index (χ1v) is 6.51. The van der Waals surface area contributed by atoms with Crippen molar-refractivity contribution in [3.63, 3.8) is 0 Å². The summed E-state index contributed by atoms with van der Waals surface area (Å²) in [5.74, 6) is -0.370. The number of carbonyl (C=O) groups is 1. The Kier molecular flexibility index (Phi) is 3.64. The van der Waals surface area contributed by atoms with Gasteiger partial charge in [0.25, 0.3) is 0 Å². The molecule has 0 spiro atoms. The summed E-state index contributed by atoms with van der Waals surface area (Å²) in [6.45, 7) is 4.01. The third kappa shape index (κ3) is 2.38. The van der Waals surface area contributed by atoms with E-state index in [-0.39, 0.29) is 12.4 Å². The highest BCUT2D eigenvalue weighted by molar-refractivity contribution is 6.31. The van der Waals surface area contributed by atoms with Gasteiger partial charge in [-0.15, -0.1) is 0 Å². The van der Waals surface area contributed by atoms with Gasteiger partial charge in [0.2, 0.25) is 0 Å². The second-order valence-electron chi connectivity index (χ2n) is 4.79. The van der Waals surface area contributed by atoms with Crippen LogP contribution in [0.25, 0.3) is 0 Å². The van der Waals surface area contributed by atoms with Gasteiger partial charge in [0.05, 0.1) is 13.0 Å². The lowest BCUT2D eigenvalue weighted by Gasteiger charge is -2.23. The van der Waals surface area contributed by atoms with Crippen LogP contribution in [0.1, 0.15) is 36.5 Å². The normalized spacial score (nSPS) is 21.8. The summed E-state index contributed by atoms with van der Waals surface area (Å²) in [7, 11) is 0. The highest BCUT2D eigenvalue weighted by Crippen LogP contribution is 2.43. The molecule has 18 heavy (non-hydrogen) atoms. The van der Waals surface area contributed by atoms with Crippen LogP contribution in [0, 0.1) is 6.92 Å². The Bertz CT molecular complexity index is 484. The minimum absolute atomic E-state index is 0.00633. The smallest absolute Gasteiger partial charge is 0.309 e. The molecular weight excluding hydrogens is 252 g/mol. The first kappa shape index (κ1) is 13.4. The van der Waals surface area contributed by atoms with Gasteiger partial charge in [0.15, 0.2) is 0 Å². The molecule has 1 N–H and O–H groups in total. The van der Waals surface area contributed by atoms with E-state index in [2.05, 4.69) is 0 Å². The van der Waals surface area contributed by atoms with Gasteiger partial charge in [-0.05, 0) is 49.4 Å². The quantitative estimate of drug-likeness (QED) is 0.858. The SMILES string of the molecule is CCOC(=O)CC1(O)CCc2c(Cl)cc(C)cc21. The molecule has 1 atom stereocenters. The Balaban J connectivity index is 2.32. The van der Waals surface area contributed by atoms with Gasteiger partial charge in [-0.2, -0.15) is 0 Å². The van der Waals surface area contributed by atoms with E-state index in [4.69, 9.17) is 16.3 Å². The lowest BCUT2D eigenvalue weighted by molar-refractivity contribution is -0.149. The van der Waals surface area contributed by atoms with Crippen molar-refractivity contribution in [2.75, 3.05) is 6.61 Å². The van der Waals surface area contributed by atoms with Gasteiger partial charge < -0.3 is 9.84 Å². The Morgan fingerprint density at radius 3 is 2.94 bits per heavy atom. The standard InChI is InChI=1S/C14H17ClO3/c1-3-18-13(16)8-14(17)5-4-10-11(14)6-9(2)7-12(10)15/h6-7,17H,3-5,8H2,1-2H3. The number of carbonyl (C=O) groups excluding carboxylic acids is 1. The van der Waals surface area contributed by atoms with E-state index < -0.39 is 5.60 Å². The number of rotatable bonds is 3. The molecule has 0 bridgehead atoms. The molecule has 1 aromatic carbocycles. The van der Waals surface area contributed by atoms with Gasteiger partial charge >= 0.3 is 5.97 Å². The Morgan fingerprint density at radius 1 is 1.56 bits per heavy atom. The van der Waals surface area contributed by atoms with Crippen LogP contribution in [-0.2, 0) is 21.6 Å². The van der Waals surface area contributed by atoms with Crippen molar-refractivity contribution in [1.29, 1.82) is 0 Å². The van der Waals surface area contributed by atoms with Gasteiger partial charge in [-0.3, -0.25) is 4.79 Å². The van der Waals surface area contributed by atoms with Crippen molar-refractivity contribution in [1.82, 2.24) is 0 Å². The minimum Gasteiger partial charge on any atom is -0.466 e. The van der Waals surface area contributed by atoms with Gasteiger partial charge in [-0.1, -0.05) is 17.7 Å². The Morgan fingerprint density at radius 2 is 2.28 bits per heavy atom. The fourth-order valence-corrected chi connectivity index (χ4v) is 2.91. The van der Waals surface area contributed by atoms with Crippen LogP contribution >= 0.6 is 11.6 Å². The van der Waals surface area contributed by atoms with E-state index in [0.29, 0.717) is 24.5 Å².